The highest BCUT2D eigenvalue weighted by atomic mass is 15.1. The van der Waals surface area contributed by atoms with Crippen LogP contribution in [0.25, 0.3) is 0 Å². The summed E-state index contributed by atoms with van der Waals surface area (Å²) < 4.78 is 3.78. The molecule has 0 unspecified atom stereocenters. The van der Waals surface area contributed by atoms with Crippen molar-refractivity contribution in [3.05, 3.63) is 36.4 Å². The lowest BCUT2D eigenvalue weighted by atomic mass is 10.4. The molecule has 0 bridgehead atoms. The summed E-state index contributed by atoms with van der Waals surface area (Å²) in [5.74, 6) is 1.81. The fourth-order valence-electron chi connectivity index (χ4n) is 1.44. The van der Waals surface area contributed by atoms with Crippen molar-refractivity contribution >= 4 is 0 Å². The summed E-state index contributed by atoms with van der Waals surface area (Å²) in [5, 5.41) is 8.62. The van der Waals surface area contributed by atoms with E-state index in [2.05, 4.69) is 16.0 Å². The van der Waals surface area contributed by atoms with E-state index in [1.165, 1.54) is 0 Å². The first-order valence-electron chi connectivity index (χ1n) is 4.64. The number of nitrogens with zero attached hydrogens (tertiary/aromatic N) is 5. The van der Waals surface area contributed by atoms with Gasteiger partial charge in [-0.05, 0) is 0 Å². The smallest absolute Gasteiger partial charge is 0.117 e. The number of imidazole rings is 2. The highest BCUT2D eigenvalue weighted by molar-refractivity contribution is 5.05. The highest BCUT2D eigenvalue weighted by Crippen LogP contribution is 2.05. The molecule has 5 nitrogen and oxygen atoms in total. The van der Waals surface area contributed by atoms with Gasteiger partial charge in [0.15, 0.2) is 0 Å². The lowest BCUT2D eigenvalue weighted by Gasteiger charge is -2.03. The molecule has 0 saturated carbocycles. The molecule has 2 aromatic rings. The quantitative estimate of drug-likeness (QED) is 0.735. The number of nitriles is 1. The number of aryl methyl sites for hydroxylation is 1. The van der Waals surface area contributed by atoms with Crippen molar-refractivity contribution in [2.45, 2.75) is 13.0 Å². The van der Waals surface area contributed by atoms with Gasteiger partial charge in [-0.15, -0.1) is 0 Å². The van der Waals surface area contributed by atoms with Crippen molar-refractivity contribution in [3.63, 3.8) is 0 Å². The first-order valence-corrected chi connectivity index (χ1v) is 4.64. The van der Waals surface area contributed by atoms with Crippen LogP contribution in [0.5, 0.6) is 0 Å². The van der Waals surface area contributed by atoms with E-state index in [-0.39, 0.29) is 0 Å². The Morgan fingerprint density at radius 3 is 2.67 bits per heavy atom. The molecule has 0 atom stereocenters. The van der Waals surface area contributed by atoms with Gasteiger partial charge in [0, 0.05) is 31.8 Å². The summed E-state index contributed by atoms with van der Waals surface area (Å²) in [6.45, 7) is 0.333. The molecule has 0 radical (unpaired) electrons. The van der Waals surface area contributed by atoms with E-state index in [0.717, 1.165) is 11.6 Å². The summed E-state index contributed by atoms with van der Waals surface area (Å²) >= 11 is 0. The second-order valence-electron chi connectivity index (χ2n) is 3.26. The Kier molecular flexibility index (Phi) is 2.50. The molecule has 0 saturated heterocycles. The molecule has 0 aliphatic rings. The molecule has 0 fully saturated rings. The molecule has 0 aliphatic heterocycles. The summed E-state index contributed by atoms with van der Waals surface area (Å²) in [7, 11) is 1.94. The highest BCUT2D eigenvalue weighted by Gasteiger charge is 2.06. The van der Waals surface area contributed by atoms with Crippen molar-refractivity contribution in [3.8, 4) is 6.07 Å². The lowest BCUT2D eigenvalue weighted by Crippen LogP contribution is -2.06. The van der Waals surface area contributed by atoms with Crippen molar-refractivity contribution in [2.24, 2.45) is 7.05 Å². The minimum absolute atomic E-state index is 0.333. The number of aromatic nitrogens is 4. The van der Waals surface area contributed by atoms with Crippen LogP contribution in [0, 0.1) is 11.3 Å². The van der Waals surface area contributed by atoms with Crippen LogP contribution in [-0.2, 0) is 20.0 Å². The maximum absolute atomic E-state index is 8.62. The SMILES string of the molecule is Cn1ccnc1Cc1nccn1CC#N. The van der Waals surface area contributed by atoms with Crippen molar-refractivity contribution in [1.82, 2.24) is 19.1 Å². The van der Waals surface area contributed by atoms with Crippen molar-refractivity contribution in [1.29, 1.82) is 5.26 Å². The van der Waals surface area contributed by atoms with Gasteiger partial charge in [-0.3, -0.25) is 0 Å². The van der Waals surface area contributed by atoms with Gasteiger partial charge < -0.3 is 9.13 Å². The fourth-order valence-corrected chi connectivity index (χ4v) is 1.44. The summed E-state index contributed by atoms with van der Waals surface area (Å²) in [6.07, 6.45) is 7.81. The Balaban J connectivity index is 2.21. The first-order chi connectivity index (χ1) is 7.31. The Morgan fingerprint density at radius 2 is 2.00 bits per heavy atom. The monoisotopic (exact) mass is 201 g/mol. The first kappa shape index (κ1) is 9.46. The standard InChI is InChI=1S/C10H11N5/c1-14-6-3-12-9(14)8-10-13-4-7-15(10)5-2-11/h3-4,6-7H,5,8H2,1H3. The van der Waals surface area contributed by atoms with Gasteiger partial charge in [0.1, 0.15) is 18.2 Å². The molecular weight excluding hydrogens is 190 g/mol. The molecule has 0 aliphatic carbocycles. The van der Waals surface area contributed by atoms with Gasteiger partial charge in [-0.1, -0.05) is 0 Å². The largest absolute Gasteiger partial charge is 0.338 e. The average molecular weight is 201 g/mol. The molecule has 0 spiro atoms. The molecule has 2 aromatic heterocycles. The van der Waals surface area contributed by atoms with E-state index in [1.807, 2.05) is 28.6 Å². The molecule has 0 amide bonds. The van der Waals surface area contributed by atoms with Gasteiger partial charge in [0.25, 0.3) is 0 Å². The van der Waals surface area contributed by atoms with E-state index in [9.17, 15) is 0 Å². The maximum Gasteiger partial charge on any atom is 0.117 e. The molecule has 0 aromatic carbocycles. The molecule has 15 heavy (non-hydrogen) atoms. The van der Waals surface area contributed by atoms with Crippen LogP contribution in [0.2, 0.25) is 0 Å². The van der Waals surface area contributed by atoms with E-state index >= 15 is 0 Å². The zero-order chi connectivity index (χ0) is 10.7. The fraction of sp³-hybridized carbons (Fsp3) is 0.300. The second kappa shape index (κ2) is 3.96. The molecule has 76 valence electrons. The van der Waals surface area contributed by atoms with E-state index in [1.54, 1.807) is 12.4 Å². The second-order valence-corrected chi connectivity index (χ2v) is 3.26. The molecular formula is C10H11N5. The third-order valence-corrected chi connectivity index (χ3v) is 2.28. The van der Waals surface area contributed by atoms with E-state index in [4.69, 9.17) is 5.26 Å². The summed E-state index contributed by atoms with van der Waals surface area (Å²) in [4.78, 5) is 8.43. The van der Waals surface area contributed by atoms with Crippen LogP contribution in [0.15, 0.2) is 24.8 Å². The van der Waals surface area contributed by atoms with E-state index in [0.29, 0.717) is 13.0 Å². The molecule has 2 rings (SSSR count). The van der Waals surface area contributed by atoms with Crippen LogP contribution in [-0.4, -0.2) is 19.1 Å². The Hall–Kier alpha value is -2.09. The normalized spacial score (nSPS) is 10.1. The number of hydrogen-bond donors (Lipinski definition) is 0. The number of rotatable bonds is 3. The van der Waals surface area contributed by atoms with Crippen molar-refractivity contribution in [2.75, 3.05) is 0 Å². The zero-order valence-electron chi connectivity index (χ0n) is 8.46. The predicted molar refractivity (Wildman–Crippen MR) is 53.9 cm³/mol. The van der Waals surface area contributed by atoms with Crippen LogP contribution in [0.4, 0.5) is 0 Å². The van der Waals surface area contributed by atoms with Gasteiger partial charge >= 0.3 is 0 Å². The Bertz CT molecular complexity index is 488. The van der Waals surface area contributed by atoms with Gasteiger partial charge in [-0.25, -0.2) is 9.97 Å². The van der Waals surface area contributed by atoms with Crippen LogP contribution in [0.1, 0.15) is 11.6 Å². The Morgan fingerprint density at radius 1 is 1.27 bits per heavy atom. The Labute approximate surface area is 87.6 Å². The van der Waals surface area contributed by atoms with E-state index < -0.39 is 0 Å². The summed E-state index contributed by atoms with van der Waals surface area (Å²) in [5.41, 5.74) is 0. The van der Waals surface area contributed by atoms with Crippen LogP contribution >= 0.6 is 0 Å². The molecule has 0 N–H and O–H groups in total. The predicted octanol–water partition coefficient (Wildman–Crippen LogP) is 0.731. The zero-order valence-corrected chi connectivity index (χ0v) is 8.46. The van der Waals surface area contributed by atoms with Crippen LogP contribution < -0.4 is 0 Å². The molecule has 5 heteroatoms. The maximum atomic E-state index is 8.62. The van der Waals surface area contributed by atoms with Gasteiger partial charge in [0.05, 0.1) is 12.5 Å². The third kappa shape index (κ3) is 1.89. The van der Waals surface area contributed by atoms with Crippen LogP contribution in [0.3, 0.4) is 0 Å². The topological polar surface area (TPSA) is 59.4 Å². The van der Waals surface area contributed by atoms with Crippen molar-refractivity contribution < 1.29 is 0 Å². The average Bonchev–Trinajstić information content (AvgIpc) is 2.80. The lowest BCUT2D eigenvalue weighted by molar-refractivity contribution is 0.727. The summed E-state index contributed by atoms with van der Waals surface area (Å²) in [6, 6.07) is 2.10. The third-order valence-electron chi connectivity index (χ3n) is 2.28. The van der Waals surface area contributed by atoms with Gasteiger partial charge in [-0.2, -0.15) is 5.26 Å². The molecule has 2 heterocycles. The number of hydrogen-bond acceptors (Lipinski definition) is 3. The minimum atomic E-state index is 0.333. The van der Waals surface area contributed by atoms with Gasteiger partial charge in [0.2, 0.25) is 0 Å². The minimum Gasteiger partial charge on any atom is -0.338 e.